The van der Waals surface area contributed by atoms with E-state index in [-0.39, 0.29) is 0 Å². The number of aryl methyl sites for hydroxylation is 2. The Hall–Kier alpha value is -2.08. The van der Waals surface area contributed by atoms with Crippen molar-refractivity contribution in [2.75, 3.05) is 18.4 Å². The van der Waals surface area contributed by atoms with Crippen molar-refractivity contribution in [1.29, 1.82) is 0 Å². The molecule has 0 aromatic carbocycles. The van der Waals surface area contributed by atoms with Crippen molar-refractivity contribution in [3.8, 4) is 0 Å². The molecule has 0 atom stereocenters. The van der Waals surface area contributed by atoms with Gasteiger partial charge in [-0.15, -0.1) is 0 Å². The molecule has 110 valence electrons. The van der Waals surface area contributed by atoms with Crippen molar-refractivity contribution in [1.82, 2.24) is 25.3 Å². The number of rotatable bonds is 3. The molecule has 0 bridgehead atoms. The summed E-state index contributed by atoms with van der Waals surface area (Å²) in [6, 6.07) is 1.95. The van der Waals surface area contributed by atoms with Crippen LogP contribution in [0.5, 0.6) is 0 Å². The molecule has 1 saturated heterocycles. The minimum Gasteiger partial charge on any atom is -0.317 e. The van der Waals surface area contributed by atoms with Crippen LogP contribution < -0.4 is 10.6 Å². The van der Waals surface area contributed by atoms with Crippen molar-refractivity contribution >= 4 is 11.8 Å². The van der Waals surface area contributed by atoms with Crippen LogP contribution in [0.3, 0.4) is 0 Å². The molecule has 2 aromatic heterocycles. The molecule has 1 aliphatic heterocycles. The summed E-state index contributed by atoms with van der Waals surface area (Å²) in [7, 11) is 0. The predicted molar refractivity (Wildman–Crippen MR) is 81.7 cm³/mol. The van der Waals surface area contributed by atoms with Crippen molar-refractivity contribution in [2.45, 2.75) is 32.6 Å². The highest BCUT2D eigenvalue weighted by Crippen LogP contribution is 2.28. The highest BCUT2D eigenvalue weighted by atomic mass is 15.1. The Kier molecular flexibility index (Phi) is 4.06. The second kappa shape index (κ2) is 6.13. The SMILES string of the molecule is Cc1cc(C)nc(Nc2nccnc2C2CCNCC2)n1. The Labute approximate surface area is 124 Å². The largest absolute Gasteiger partial charge is 0.317 e. The third kappa shape index (κ3) is 3.33. The maximum atomic E-state index is 4.54. The Balaban J connectivity index is 1.87. The van der Waals surface area contributed by atoms with Gasteiger partial charge in [0, 0.05) is 29.7 Å². The number of nitrogens with zero attached hydrogens (tertiary/aromatic N) is 4. The fourth-order valence-corrected chi connectivity index (χ4v) is 2.73. The molecule has 2 aromatic rings. The van der Waals surface area contributed by atoms with Gasteiger partial charge in [-0.1, -0.05) is 0 Å². The Morgan fingerprint density at radius 1 is 1.05 bits per heavy atom. The molecular weight excluding hydrogens is 264 g/mol. The zero-order chi connectivity index (χ0) is 14.7. The lowest BCUT2D eigenvalue weighted by molar-refractivity contribution is 0.453. The summed E-state index contributed by atoms with van der Waals surface area (Å²) >= 11 is 0. The average Bonchev–Trinajstić information content (AvgIpc) is 2.48. The van der Waals surface area contributed by atoms with E-state index < -0.39 is 0 Å². The van der Waals surface area contributed by atoms with Crippen molar-refractivity contribution in [3.63, 3.8) is 0 Å². The van der Waals surface area contributed by atoms with Crippen LogP contribution in [0.1, 0.15) is 35.8 Å². The first-order valence-electron chi connectivity index (χ1n) is 7.33. The third-order valence-corrected chi connectivity index (χ3v) is 3.66. The van der Waals surface area contributed by atoms with Gasteiger partial charge >= 0.3 is 0 Å². The van der Waals surface area contributed by atoms with Crippen LogP contribution in [0.15, 0.2) is 18.5 Å². The van der Waals surface area contributed by atoms with Crippen LogP contribution in [0.25, 0.3) is 0 Å². The molecule has 1 fully saturated rings. The first-order valence-corrected chi connectivity index (χ1v) is 7.33. The van der Waals surface area contributed by atoms with E-state index in [0.717, 1.165) is 48.8 Å². The van der Waals surface area contributed by atoms with Crippen LogP contribution in [0, 0.1) is 13.8 Å². The van der Waals surface area contributed by atoms with Crippen molar-refractivity contribution < 1.29 is 0 Å². The van der Waals surface area contributed by atoms with Gasteiger partial charge in [0.25, 0.3) is 0 Å². The van der Waals surface area contributed by atoms with Crippen LogP contribution >= 0.6 is 0 Å². The second-order valence-corrected chi connectivity index (χ2v) is 5.41. The number of hydrogen-bond acceptors (Lipinski definition) is 6. The highest BCUT2D eigenvalue weighted by molar-refractivity contribution is 5.52. The number of hydrogen-bond donors (Lipinski definition) is 2. The third-order valence-electron chi connectivity index (χ3n) is 3.66. The van der Waals surface area contributed by atoms with Crippen molar-refractivity contribution in [2.24, 2.45) is 0 Å². The molecule has 6 nitrogen and oxygen atoms in total. The highest BCUT2D eigenvalue weighted by Gasteiger charge is 2.20. The summed E-state index contributed by atoms with van der Waals surface area (Å²) in [6.07, 6.45) is 5.63. The van der Waals surface area contributed by atoms with Gasteiger partial charge < -0.3 is 10.6 Å². The van der Waals surface area contributed by atoms with Crippen molar-refractivity contribution in [3.05, 3.63) is 35.5 Å². The normalized spacial score (nSPS) is 15.9. The van der Waals surface area contributed by atoms with Gasteiger partial charge in [-0.3, -0.25) is 4.98 Å². The molecule has 0 spiro atoms. The quantitative estimate of drug-likeness (QED) is 0.899. The number of nitrogens with one attached hydrogen (secondary N) is 2. The average molecular weight is 284 g/mol. The smallest absolute Gasteiger partial charge is 0.228 e. The summed E-state index contributed by atoms with van der Waals surface area (Å²) in [6.45, 7) is 5.98. The lowest BCUT2D eigenvalue weighted by atomic mass is 9.94. The van der Waals surface area contributed by atoms with Gasteiger partial charge in [0.2, 0.25) is 5.95 Å². The number of anilines is 2. The lowest BCUT2D eigenvalue weighted by Crippen LogP contribution is -2.27. The Morgan fingerprint density at radius 2 is 1.71 bits per heavy atom. The molecule has 0 aliphatic carbocycles. The first kappa shape index (κ1) is 13.9. The minimum absolute atomic E-state index is 0.438. The molecule has 2 N–H and O–H groups in total. The second-order valence-electron chi connectivity index (χ2n) is 5.41. The topological polar surface area (TPSA) is 75.6 Å². The molecule has 21 heavy (non-hydrogen) atoms. The molecule has 6 heteroatoms. The molecule has 1 aliphatic rings. The van der Waals surface area contributed by atoms with Gasteiger partial charge in [0.05, 0.1) is 5.69 Å². The predicted octanol–water partition coefficient (Wildman–Crippen LogP) is 2.09. The number of piperidine rings is 1. The minimum atomic E-state index is 0.438. The van der Waals surface area contributed by atoms with Crippen LogP contribution in [0.2, 0.25) is 0 Å². The zero-order valence-corrected chi connectivity index (χ0v) is 12.4. The van der Waals surface area contributed by atoms with Crippen LogP contribution in [-0.2, 0) is 0 Å². The fraction of sp³-hybridized carbons (Fsp3) is 0.467. The van der Waals surface area contributed by atoms with E-state index in [2.05, 4.69) is 30.6 Å². The van der Waals surface area contributed by atoms with E-state index in [1.165, 1.54) is 0 Å². The summed E-state index contributed by atoms with van der Waals surface area (Å²) in [5.41, 5.74) is 2.90. The maximum Gasteiger partial charge on any atom is 0.228 e. The first-order chi connectivity index (χ1) is 10.2. The van der Waals surface area contributed by atoms with E-state index in [1.807, 2.05) is 19.9 Å². The van der Waals surface area contributed by atoms with Gasteiger partial charge in [-0.25, -0.2) is 15.0 Å². The van der Waals surface area contributed by atoms with E-state index in [0.29, 0.717) is 11.9 Å². The van der Waals surface area contributed by atoms with Gasteiger partial charge in [0.15, 0.2) is 5.82 Å². The van der Waals surface area contributed by atoms with E-state index in [9.17, 15) is 0 Å². The Bertz CT molecular complexity index is 601. The molecular formula is C15H20N6. The fourth-order valence-electron chi connectivity index (χ4n) is 2.73. The summed E-state index contributed by atoms with van der Waals surface area (Å²) in [4.78, 5) is 17.8. The summed E-state index contributed by atoms with van der Waals surface area (Å²) in [5.74, 6) is 1.80. The van der Waals surface area contributed by atoms with E-state index in [1.54, 1.807) is 12.4 Å². The monoisotopic (exact) mass is 284 g/mol. The Morgan fingerprint density at radius 3 is 2.43 bits per heavy atom. The lowest BCUT2D eigenvalue weighted by Gasteiger charge is -2.23. The van der Waals surface area contributed by atoms with Crippen LogP contribution in [0.4, 0.5) is 11.8 Å². The number of aromatic nitrogens is 4. The van der Waals surface area contributed by atoms with Gasteiger partial charge in [0.1, 0.15) is 0 Å². The van der Waals surface area contributed by atoms with Gasteiger partial charge in [-0.05, 0) is 45.8 Å². The summed E-state index contributed by atoms with van der Waals surface area (Å²) in [5, 5.41) is 6.61. The standard InChI is InChI=1S/C15H20N6/c1-10-9-11(2)20-15(19-10)21-14-13(17-7-8-18-14)12-3-5-16-6-4-12/h7-9,12,16H,3-6H2,1-2H3,(H,18,19,20,21). The molecule has 3 heterocycles. The summed E-state index contributed by atoms with van der Waals surface area (Å²) < 4.78 is 0. The van der Waals surface area contributed by atoms with Gasteiger partial charge in [-0.2, -0.15) is 0 Å². The molecule has 0 unspecified atom stereocenters. The molecule has 0 saturated carbocycles. The molecule has 3 rings (SSSR count). The van der Waals surface area contributed by atoms with E-state index in [4.69, 9.17) is 0 Å². The molecule has 0 radical (unpaired) electrons. The zero-order valence-electron chi connectivity index (χ0n) is 12.4. The maximum absolute atomic E-state index is 4.54. The van der Waals surface area contributed by atoms with Crippen LogP contribution in [-0.4, -0.2) is 33.0 Å². The van der Waals surface area contributed by atoms with E-state index >= 15 is 0 Å². The molecule has 0 amide bonds.